The van der Waals surface area contributed by atoms with E-state index in [0.29, 0.717) is 6.61 Å². The second-order valence-corrected chi connectivity index (χ2v) is 6.83. The van der Waals surface area contributed by atoms with E-state index < -0.39 is 0 Å². The molecule has 0 amide bonds. The van der Waals surface area contributed by atoms with Crippen LogP contribution in [0, 0.1) is 0 Å². The highest BCUT2D eigenvalue weighted by molar-refractivity contribution is 5.76. The van der Waals surface area contributed by atoms with Gasteiger partial charge in [-0.2, -0.15) is 0 Å². The van der Waals surface area contributed by atoms with Crippen molar-refractivity contribution in [2.45, 2.75) is 58.5 Å². The Morgan fingerprint density at radius 2 is 1.95 bits per heavy atom. The Hall–Kier alpha value is -1.35. The molecule has 116 valence electrons. The molecule has 0 radical (unpaired) electrons. The van der Waals surface area contributed by atoms with E-state index >= 15 is 0 Å². The maximum Gasteiger partial charge on any atom is 0.323 e. The van der Waals surface area contributed by atoms with Crippen LogP contribution in [0.2, 0.25) is 0 Å². The predicted molar refractivity (Wildman–Crippen MR) is 85.2 cm³/mol. The van der Waals surface area contributed by atoms with Gasteiger partial charge in [0, 0.05) is 6.54 Å². The van der Waals surface area contributed by atoms with E-state index in [-0.39, 0.29) is 17.4 Å². The normalized spacial score (nSPS) is 19.7. The minimum absolute atomic E-state index is 0.0627. The lowest BCUT2D eigenvalue weighted by Crippen LogP contribution is -2.36. The molecule has 0 saturated carbocycles. The molecule has 0 spiro atoms. The van der Waals surface area contributed by atoms with Crippen molar-refractivity contribution in [2.75, 3.05) is 13.2 Å². The summed E-state index contributed by atoms with van der Waals surface area (Å²) >= 11 is 0. The highest BCUT2D eigenvalue weighted by atomic mass is 16.5. The lowest BCUT2D eigenvalue weighted by molar-refractivity contribution is -0.148. The van der Waals surface area contributed by atoms with Gasteiger partial charge in [0.15, 0.2) is 0 Å². The maximum absolute atomic E-state index is 12.0. The summed E-state index contributed by atoms with van der Waals surface area (Å²) in [6.45, 7) is 10.8. The summed E-state index contributed by atoms with van der Waals surface area (Å²) in [5.74, 6) is -0.0682. The van der Waals surface area contributed by atoms with Crippen LogP contribution >= 0.6 is 0 Å². The molecule has 0 bridgehead atoms. The van der Waals surface area contributed by atoms with Crippen molar-refractivity contribution in [3.8, 4) is 0 Å². The molecule has 1 unspecified atom stereocenters. The van der Waals surface area contributed by atoms with E-state index in [4.69, 9.17) is 4.74 Å². The minimum Gasteiger partial charge on any atom is -0.465 e. The van der Waals surface area contributed by atoms with E-state index in [2.05, 4.69) is 49.9 Å². The molecule has 1 atom stereocenters. The van der Waals surface area contributed by atoms with Crippen molar-refractivity contribution >= 4 is 5.97 Å². The van der Waals surface area contributed by atoms with Crippen molar-refractivity contribution in [2.24, 2.45) is 0 Å². The third kappa shape index (κ3) is 4.07. The zero-order valence-corrected chi connectivity index (χ0v) is 13.7. The van der Waals surface area contributed by atoms with Crippen molar-refractivity contribution in [1.29, 1.82) is 0 Å². The van der Waals surface area contributed by atoms with Crippen molar-refractivity contribution in [3.63, 3.8) is 0 Å². The maximum atomic E-state index is 12.0. The van der Waals surface area contributed by atoms with Gasteiger partial charge < -0.3 is 4.74 Å². The summed E-state index contributed by atoms with van der Waals surface area (Å²) in [6, 6.07) is 8.70. The van der Waals surface area contributed by atoms with Gasteiger partial charge in [0.25, 0.3) is 0 Å². The Labute approximate surface area is 128 Å². The van der Waals surface area contributed by atoms with Crippen LogP contribution in [0.25, 0.3) is 0 Å². The highest BCUT2D eigenvalue weighted by Gasteiger charge is 2.31. The average Bonchev–Trinajstić information content (AvgIpc) is 2.87. The summed E-state index contributed by atoms with van der Waals surface area (Å²) in [5, 5.41) is 0. The number of carbonyl (C=O) groups is 1. The Bertz CT molecular complexity index is 473. The Kier molecular flexibility index (Phi) is 5.04. The monoisotopic (exact) mass is 289 g/mol. The van der Waals surface area contributed by atoms with Crippen LogP contribution in [0.5, 0.6) is 0 Å². The molecule has 0 aromatic heterocycles. The van der Waals surface area contributed by atoms with Gasteiger partial charge in [-0.3, -0.25) is 9.69 Å². The van der Waals surface area contributed by atoms with E-state index in [9.17, 15) is 4.79 Å². The lowest BCUT2D eigenvalue weighted by Gasteiger charge is -2.24. The molecule has 1 fully saturated rings. The van der Waals surface area contributed by atoms with Crippen LogP contribution in [0.1, 0.15) is 51.7 Å². The number of esters is 1. The molecule has 2 rings (SSSR count). The smallest absolute Gasteiger partial charge is 0.323 e. The zero-order valence-electron chi connectivity index (χ0n) is 13.7. The SMILES string of the molecule is CCOC(=O)C1CCCN1Cc1ccc(C(C)(C)C)cc1. The van der Waals surface area contributed by atoms with Crippen molar-refractivity contribution < 1.29 is 9.53 Å². The van der Waals surface area contributed by atoms with E-state index in [1.165, 1.54) is 11.1 Å². The van der Waals surface area contributed by atoms with E-state index in [1.54, 1.807) is 0 Å². The molecule has 1 aliphatic rings. The molecular formula is C18H27NO2. The van der Waals surface area contributed by atoms with Crippen molar-refractivity contribution in [1.82, 2.24) is 4.90 Å². The first-order chi connectivity index (χ1) is 9.91. The number of carbonyl (C=O) groups excluding carboxylic acids is 1. The molecule has 1 heterocycles. The Morgan fingerprint density at radius 1 is 1.29 bits per heavy atom. The molecule has 0 aliphatic carbocycles. The fourth-order valence-corrected chi connectivity index (χ4v) is 2.87. The first kappa shape index (κ1) is 16.0. The molecule has 1 aliphatic heterocycles. The summed E-state index contributed by atoms with van der Waals surface area (Å²) in [5.41, 5.74) is 2.79. The van der Waals surface area contributed by atoms with Gasteiger partial charge in [0.1, 0.15) is 6.04 Å². The summed E-state index contributed by atoms with van der Waals surface area (Å²) in [7, 11) is 0. The topological polar surface area (TPSA) is 29.5 Å². The number of likely N-dealkylation sites (tertiary alicyclic amines) is 1. The quantitative estimate of drug-likeness (QED) is 0.794. The van der Waals surface area contributed by atoms with Crippen LogP contribution < -0.4 is 0 Å². The van der Waals surface area contributed by atoms with Crippen LogP contribution in [0.4, 0.5) is 0 Å². The molecule has 1 aromatic rings. The number of ether oxygens (including phenoxy) is 1. The number of nitrogens with zero attached hydrogens (tertiary/aromatic N) is 1. The highest BCUT2D eigenvalue weighted by Crippen LogP contribution is 2.24. The van der Waals surface area contributed by atoms with E-state index in [0.717, 1.165) is 25.9 Å². The standard InChI is InChI=1S/C18H27NO2/c1-5-21-17(20)16-7-6-12-19(16)13-14-8-10-15(11-9-14)18(2,3)4/h8-11,16H,5-7,12-13H2,1-4H3. The Balaban J connectivity index is 2.02. The van der Waals surface area contributed by atoms with Gasteiger partial charge in [0.2, 0.25) is 0 Å². The molecule has 21 heavy (non-hydrogen) atoms. The molecule has 1 saturated heterocycles. The first-order valence-corrected chi connectivity index (χ1v) is 7.92. The van der Waals surface area contributed by atoms with Crippen LogP contribution in [-0.2, 0) is 21.5 Å². The average molecular weight is 289 g/mol. The van der Waals surface area contributed by atoms with Gasteiger partial charge >= 0.3 is 5.97 Å². The number of hydrogen-bond donors (Lipinski definition) is 0. The number of benzene rings is 1. The largest absolute Gasteiger partial charge is 0.465 e. The zero-order chi connectivity index (χ0) is 15.5. The molecule has 1 aromatic carbocycles. The molecular weight excluding hydrogens is 262 g/mol. The molecule has 3 nitrogen and oxygen atoms in total. The fraction of sp³-hybridized carbons (Fsp3) is 0.611. The van der Waals surface area contributed by atoms with Crippen LogP contribution in [0.3, 0.4) is 0 Å². The third-order valence-electron chi connectivity index (χ3n) is 4.13. The molecule has 3 heteroatoms. The summed E-state index contributed by atoms with van der Waals surface area (Å²) in [4.78, 5) is 14.2. The van der Waals surface area contributed by atoms with Crippen LogP contribution in [0.15, 0.2) is 24.3 Å². The minimum atomic E-state index is -0.0682. The van der Waals surface area contributed by atoms with Gasteiger partial charge in [0.05, 0.1) is 6.61 Å². The number of rotatable bonds is 4. The molecule has 0 N–H and O–H groups in total. The fourth-order valence-electron chi connectivity index (χ4n) is 2.87. The van der Waals surface area contributed by atoms with Gasteiger partial charge in [-0.15, -0.1) is 0 Å². The van der Waals surface area contributed by atoms with Gasteiger partial charge in [-0.05, 0) is 42.9 Å². The lowest BCUT2D eigenvalue weighted by atomic mass is 9.87. The third-order valence-corrected chi connectivity index (χ3v) is 4.13. The number of hydrogen-bond acceptors (Lipinski definition) is 3. The van der Waals surface area contributed by atoms with E-state index in [1.807, 2.05) is 6.92 Å². The van der Waals surface area contributed by atoms with Crippen LogP contribution in [-0.4, -0.2) is 30.1 Å². The second kappa shape index (κ2) is 6.61. The van der Waals surface area contributed by atoms with Crippen molar-refractivity contribution in [3.05, 3.63) is 35.4 Å². The van der Waals surface area contributed by atoms with Gasteiger partial charge in [-0.25, -0.2) is 0 Å². The summed E-state index contributed by atoms with van der Waals surface area (Å²) < 4.78 is 5.18. The van der Waals surface area contributed by atoms with Gasteiger partial charge in [-0.1, -0.05) is 45.0 Å². The second-order valence-electron chi connectivity index (χ2n) is 6.83. The first-order valence-electron chi connectivity index (χ1n) is 7.92. The summed E-state index contributed by atoms with van der Waals surface area (Å²) in [6.07, 6.45) is 1.99. The predicted octanol–water partition coefficient (Wildman–Crippen LogP) is 3.51. The Morgan fingerprint density at radius 3 is 2.52 bits per heavy atom.